The molecule has 5 nitrogen and oxygen atoms in total. The van der Waals surface area contributed by atoms with E-state index in [1.807, 2.05) is 66.9 Å². The van der Waals surface area contributed by atoms with E-state index in [2.05, 4.69) is 125 Å². The minimum absolute atomic E-state index is 0.677. The zero-order valence-electron chi connectivity index (χ0n) is 27.8. The van der Waals surface area contributed by atoms with Crippen LogP contribution in [0.5, 0.6) is 23.0 Å². The fourth-order valence-electron chi connectivity index (χ4n) is 6.94. The van der Waals surface area contributed by atoms with Crippen LogP contribution in [0.2, 0.25) is 0 Å². The fourth-order valence-corrected chi connectivity index (χ4v) is 6.94. The van der Waals surface area contributed by atoms with Crippen LogP contribution < -0.4 is 19.9 Å². The predicted octanol–water partition coefficient (Wildman–Crippen LogP) is 11.9. The van der Waals surface area contributed by atoms with E-state index in [-0.39, 0.29) is 0 Å². The summed E-state index contributed by atoms with van der Waals surface area (Å²) in [6.45, 7) is 5.21. The van der Waals surface area contributed by atoms with Crippen LogP contribution in [0.3, 0.4) is 0 Å². The van der Waals surface area contributed by atoms with Crippen LogP contribution >= 0.6 is 0 Å². The molecule has 0 bridgehead atoms. The molecule has 0 saturated heterocycles. The van der Waals surface area contributed by atoms with Gasteiger partial charge >= 0.3 is 0 Å². The van der Waals surface area contributed by atoms with E-state index < -0.39 is 0 Å². The first-order valence-electron chi connectivity index (χ1n) is 17.0. The molecule has 0 fully saturated rings. The fraction of sp³-hybridized carbons (Fsp3) is 0.0217. The number of allylic oxidation sites excluding steroid dienone is 2. The third kappa shape index (κ3) is 5.66. The Hall–Kier alpha value is -6.69. The molecular weight excluding hydrogens is 627 g/mol. The molecule has 0 aliphatic carbocycles. The maximum absolute atomic E-state index is 6.99. The smallest absolute Gasteiger partial charge is 0.136 e. The van der Waals surface area contributed by atoms with Gasteiger partial charge in [0.05, 0.1) is 17.1 Å². The second-order valence-electron chi connectivity index (χ2n) is 12.5. The van der Waals surface area contributed by atoms with Crippen molar-refractivity contribution in [2.75, 3.05) is 11.6 Å². The number of aromatic nitrogens is 1. The van der Waals surface area contributed by atoms with Crippen LogP contribution in [0.15, 0.2) is 177 Å². The summed E-state index contributed by atoms with van der Waals surface area (Å²) in [5.74, 6) is 2.93. The summed E-state index contributed by atoms with van der Waals surface area (Å²) in [7, 11) is 0. The van der Waals surface area contributed by atoms with Crippen LogP contribution in [-0.4, -0.2) is 11.5 Å². The van der Waals surface area contributed by atoms with Gasteiger partial charge in [-0.1, -0.05) is 104 Å². The zero-order chi connectivity index (χ0) is 34.1. The average Bonchev–Trinajstić information content (AvgIpc) is 3.18. The lowest BCUT2D eigenvalue weighted by molar-refractivity contribution is 0.472. The zero-order valence-corrected chi connectivity index (χ0v) is 27.8. The molecule has 0 saturated carbocycles. The molecule has 2 aliphatic heterocycles. The highest BCUT2D eigenvalue weighted by molar-refractivity contribution is 5.94. The Morgan fingerprint density at radius 2 is 1.16 bits per heavy atom. The summed E-state index contributed by atoms with van der Waals surface area (Å²) >= 11 is 0. The van der Waals surface area contributed by atoms with Crippen molar-refractivity contribution in [2.24, 2.45) is 0 Å². The first-order valence-corrected chi connectivity index (χ1v) is 17.0. The van der Waals surface area contributed by atoms with Crippen LogP contribution in [0.25, 0.3) is 50.2 Å². The number of fused-ring (bicyclic) bond motifs is 7. The number of nitrogens with zero attached hydrogens (tertiary/aromatic N) is 2. The Bertz CT molecular complexity index is 2450. The lowest BCUT2D eigenvalue weighted by atomic mass is 9.90. The van der Waals surface area contributed by atoms with Crippen molar-refractivity contribution in [2.45, 2.75) is 0 Å². The number of nitrogens with one attached hydrogen (secondary N) is 1. The Kier molecular flexibility index (Phi) is 7.73. The number of ether oxygens (including phenoxy) is 2. The highest BCUT2D eigenvalue weighted by atomic mass is 16.5. The first-order chi connectivity index (χ1) is 25.2. The average molecular weight is 660 g/mol. The van der Waals surface area contributed by atoms with Crippen LogP contribution in [-0.2, 0) is 0 Å². The highest BCUT2D eigenvalue weighted by Crippen LogP contribution is 2.49. The van der Waals surface area contributed by atoms with Crippen molar-refractivity contribution in [1.29, 1.82) is 0 Å². The van der Waals surface area contributed by atoms with Gasteiger partial charge in [0.1, 0.15) is 23.0 Å². The molecule has 0 atom stereocenters. The standard InChI is InChI=1S/C46H33N3O2/c1-31-13-12-28-48-49(34-14-3-2-4-15-34)41-20-11-18-35(46(31)41)32-23-25-38-39-26-24-33(40-19-9-10-27-47-40)30-45(39)51-43-22-8-6-17-37(43)36-16-5-7-21-42(36)50-44(38)29-32/h2-27,29-30,48H,1,28H2/b13-12-. The third-order valence-electron chi connectivity index (χ3n) is 9.33. The molecule has 1 N–H and O–H groups in total. The summed E-state index contributed by atoms with van der Waals surface area (Å²) in [6, 6.07) is 51.6. The van der Waals surface area contributed by atoms with Crippen molar-refractivity contribution in [3.63, 3.8) is 0 Å². The normalized spacial score (nSPS) is 13.8. The molecule has 3 heterocycles. The summed E-state index contributed by atoms with van der Waals surface area (Å²) in [5, 5.41) is 2.14. The van der Waals surface area contributed by atoms with Crippen LogP contribution in [0.4, 0.5) is 11.4 Å². The van der Waals surface area contributed by atoms with E-state index in [0.717, 1.165) is 90.1 Å². The van der Waals surface area contributed by atoms with Crippen molar-refractivity contribution in [1.82, 2.24) is 10.4 Å². The molecule has 5 heteroatoms. The van der Waals surface area contributed by atoms with Crippen molar-refractivity contribution in [3.8, 4) is 67.6 Å². The first kappa shape index (κ1) is 30.4. The maximum Gasteiger partial charge on any atom is 0.136 e. The number of hydrazine groups is 1. The van der Waals surface area contributed by atoms with Gasteiger partial charge < -0.3 is 9.47 Å². The van der Waals surface area contributed by atoms with Gasteiger partial charge in [-0.25, -0.2) is 5.43 Å². The van der Waals surface area contributed by atoms with Crippen LogP contribution in [0.1, 0.15) is 5.56 Å². The van der Waals surface area contributed by atoms with Gasteiger partial charge in [-0.3, -0.25) is 9.99 Å². The summed E-state index contributed by atoms with van der Waals surface area (Å²) in [6.07, 6.45) is 6.01. The second kappa shape index (κ2) is 13.0. The molecule has 2 aliphatic rings. The summed E-state index contributed by atoms with van der Waals surface area (Å²) < 4.78 is 13.8. The highest BCUT2D eigenvalue weighted by Gasteiger charge is 2.24. The molecule has 0 unspecified atom stereocenters. The maximum atomic E-state index is 6.99. The number of anilines is 2. The lowest BCUT2D eigenvalue weighted by Gasteiger charge is -2.30. The van der Waals surface area contributed by atoms with E-state index in [9.17, 15) is 0 Å². The second-order valence-corrected chi connectivity index (χ2v) is 12.5. The Morgan fingerprint density at radius 3 is 1.86 bits per heavy atom. The van der Waals surface area contributed by atoms with Gasteiger partial charge in [-0.2, -0.15) is 0 Å². The number of pyridine rings is 1. The summed E-state index contributed by atoms with van der Waals surface area (Å²) in [5.41, 5.74) is 15.3. The molecule has 6 aromatic carbocycles. The van der Waals surface area contributed by atoms with Crippen molar-refractivity contribution in [3.05, 3.63) is 182 Å². The molecule has 7 aromatic rings. The number of benzene rings is 6. The molecule has 9 rings (SSSR count). The van der Waals surface area contributed by atoms with Crippen molar-refractivity contribution < 1.29 is 9.47 Å². The predicted molar refractivity (Wildman–Crippen MR) is 207 cm³/mol. The van der Waals surface area contributed by atoms with E-state index in [1.54, 1.807) is 0 Å². The van der Waals surface area contributed by atoms with Gasteiger partial charge in [0.15, 0.2) is 0 Å². The molecule has 0 spiro atoms. The molecule has 0 radical (unpaired) electrons. The van der Waals surface area contributed by atoms with Crippen molar-refractivity contribution >= 4 is 16.9 Å². The van der Waals surface area contributed by atoms with Gasteiger partial charge in [0, 0.05) is 46.1 Å². The Labute approximate surface area is 297 Å². The molecular formula is C46H33N3O2. The summed E-state index contributed by atoms with van der Waals surface area (Å²) in [4.78, 5) is 4.62. The number of hydrogen-bond donors (Lipinski definition) is 1. The topological polar surface area (TPSA) is 46.6 Å². The minimum atomic E-state index is 0.677. The Balaban J connectivity index is 1.25. The lowest BCUT2D eigenvalue weighted by Crippen LogP contribution is -2.35. The van der Waals surface area contributed by atoms with E-state index in [4.69, 9.17) is 9.47 Å². The molecule has 51 heavy (non-hydrogen) atoms. The van der Waals surface area contributed by atoms with Gasteiger partial charge in [-0.05, 0) is 83.4 Å². The van der Waals surface area contributed by atoms with Gasteiger partial charge in [-0.15, -0.1) is 0 Å². The molecule has 244 valence electrons. The minimum Gasteiger partial charge on any atom is -0.456 e. The van der Waals surface area contributed by atoms with Crippen LogP contribution in [0, 0.1) is 0 Å². The van der Waals surface area contributed by atoms with E-state index in [1.165, 1.54) is 0 Å². The quantitative estimate of drug-likeness (QED) is 0.205. The molecule has 0 amide bonds. The SMILES string of the molecule is C=C1/C=C\CNN(c2ccccc2)c2cccc(-c3ccc4c(c3)Oc3ccccc3-c3ccccc3Oc3cc(-c5ccccn5)ccc3-4)c21. The Morgan fingerprint density at radius 1 is 0.549 bits per heavy atom. The largest absolute Gasteiger partial charge is 0.456 e. The number of para-hydroxylation sites is 3. The van der Waals surface area contributed by atoms with Gasteiger partial charge in [0.25, 0.3) is 0 Å². The monoisotopic (exact) mass is 659 g/mol. The van der Waals surface area contributed by atoms with Gasteiger partial charge in [0.2, 0.25) is 0 Å². The number of rotatable bonds is 3. The van der Waals surface area contributed by atoms with E-state index in [0.29, 0.717) is 6.54 Å². The van der Waals surface area contributed by atoms with E-state index >= 15 is 0 Å². The molecule has 1 aromatic heterocycles. The number of hydrogen-bond acceptors (Lipinski definition) is 5. The third-order valence-corrected chi connectivity index (χ3v) is 9.33.